The molecule has 0 atom stereocenters. The van der Waals surface area contributed by atoms with Crippen molar-refractivity contribution in [1.82, 2.24) is 0 Å². The molecule has 2 aromatic carbocycles. The zero-order valence-corrected chi connectivity index (χ0v) is 11.8. The molecule has 21 heavy (non-hydrogen) atoms. The van der Waals surface area contributed by atoms with Gasteiger partial charge >= 0.3 is 0 Å². The van der Waals surface area contributed by atoms with Gasteiger partial charge in [-0.25, -0.2) is 0 Å². The molecule has 0 bridgehead atoms. The molecule has 0 saturated heterocycles. The van der Waals surface area contributed by atoms with E-state index in [-0.39, 0.29) is 26.4 Å². The number of hydrogen-bond acceptors (Lipinski definition) is 4. The molecule has 2 rings (SSSR count). The molecule has 0 spiro atoms. The zero-order valence-electron chi connectivity index (χ0n) is 11.8. The first-order valence-corrected chi connectivity index (χ1v) is 6.85. The average molecular weight is 288 g/mol. The fraction of sp³-hybridized carbons (Fsp3) is 0.294. The summed E-state index contributed by atoms with van der Waals surface area (Å²) < 4.78 is 0. The maximum Gasteiger partial charge on any atom is 0.0682 e. The minimum atomic E-state index is -0.0700. The Labute approximate surface area is 123 Å². The second kappa shape index (κ2) is 7.33. The summed E-state index contributed by atoms with van der Waals surface area (Å²) in [4.78, 5) is 0. The van der Waals surface area contributed by atoms with Crippen LogP contribution in [-0.4, -0.2) is 20.4 Å². The van der Waals surface area contributed by atoms with Gasteiger partial charge in [0.25, 0.3) is 0 Å². The number of aliphatic hydroxyl groups excluding tert-OH is 4. The third-order valence-corrected chi connectivity index (χ3v) is 3.36. The molecule has 0 aliphatic heterocycles. The van der Waals surface area contributed by atoms with Crippen molar-refractivity contribution in [3.8, 4) is 0 Å². The highest BCUT2D eigenvalue weighted by molar-refractivity contribution is 5.36. The Morgan fingerprint density at radius 3 is 0.905 bits per heavy atom. The Balaban J connectivity index is 2.32. The maximum absolute atomic E-state index is 9.26. The SMILES string of the molecule is OCc1cc(CO)cc(Cc2cc(CO)cc(CO)c2)c1. The van der Waals surface area contributed by atoms with Crippen molar-refractivity contribution in [2.75, 3.05) is 0 Å². The molecule has 0 aliphatic rings. The van der Waals surface area contributed by atoms with Crippen molar-refractivity contribution in [3.63, 3.8) is 0 Å². The molecule has 112 valence electrons. The van der Waals surface area contributed by atoms with Gasteiger partial charge < -0.3 is 20.4 Å². The van der Waals surface area contributed by atoms with Crippen molar-refractivity contribution < 1.29 is 20.4 Å². The van der Waals surface area contributed by atoms with E-state index < -0.39 is 0 Å². The molecular weight excluding hydrogens is 268 g/mol. The Kier molecular flexibility index (Phi) is 5.47. The summed E-state index contributed by atoms with van der Waals surface area (Å²) in [6.07, 6.45) is 0.613. The summed E-state index contributed by atoms with van der Waals surface area (Å²) in [7, 11) is 0. The lowest BCUT2D eigenvalue weighted by molar-refractivity contribution is 0.275. The molecule has 0 saturated carbocycles. The van der Waals surface area contributed by atoms with Crippen LogP contribution in [0.15, 0.2) is 36.4 Å². The molecule has 0 aliphatic carbocycles. The minimum absolute atomic E-state index is 0.0700. The fourth-order valence-corrected chi connectivity index (χ4v) is 2.48. The number of rotatable bonds is 6. The molecule has 0 aromatic heterocycles. The molecule has 4 nitrogen and oxygen atoms in total. The summed E-state index contributed by atoms with van der Waals surface area (Å²) in [5.74, 6) is 0. The van der Waals surface area contributed by atoms with E-state index in [0.29, 0.717) is 6.42 Å². The average Bonchev–Trinajstić information content (AvgIpc) is 2.53. The standard InChI is InChI=1S/C17H20O4/c18-8-14-2-12(3-15(6-14)9-19)1-13-4-16(10-20)7-17(5-13)11-21/h2-7,18-21H,1,8-11H2. The van der Waals surface area contributed by atoms with E-state index in [4.69, 9.17) is 0 Å². The smallest absolute Gasteiger partial charge is 0.0682 e. The van der Waals surface area contributed by atoms with Crippen LogP contribution in [0.5, 0.6) is 0 Å². The number of benzene rings is 2. The molecule has 4 heteroatoms. The normalized spacial score (nSPS) is 10.9. The van der Waals surface area contributed by atoms with Gasteiger partial charge in [0.1, 0.15) is 0 Å². The van der Waals surface area contributed by atoms with E-state index in [2.05, 4.69) is 0 Å². The van der Waals surface area contributed by atoms with Gasteiger partial charge in [0.2, 0.25) is 0 Å². The van der Waals surface area contributed by atoms with E-state index in [0.717, 1.165) is 33.4 Å². The quantitative estimate of drug-likeness (QED) is 0.645. The Bertz CT molecular complexity index is 510. The third-order valence-electron chi connectivity index (χ3n) is 3.36. The Morgan fingerprint density at radius 2 is 0.667 bits per heavy atom. The van der Waals surface area contributed by atoms with Gasteiger partial charge in [-0.1, -0.05) is 36.4 Å². The molecule has 2 aromatic rings. The van der Waals surface area contributed by atoms with Gasteiger partial charge in [0.05, 0.1) is 26.4 Å². The van der Waals surface area contributed by atoms with Gasteiger partial charge in [0, 0.05) is 0 Å². The third kappa shape index (κ3) is 4.12. The van der Waals surface area contributed by atoms with Gasteiger partial charge in [0.15, 0.2) is 0 Å². The second-order valence-corrected chi connectivity index (χ2v) is 5.12. The second-order valence-electron chi connectivity index (χ2n) is 5.12. The van der Waals surface area contributed by atoms with Gasteiger partial charge in [-0.3, -0.25) is 0 Å². The lowest BCUT2D eigenvalue weighted by Crippen LogP contribution is -1.98. The summed E-state index contributed by atoms with van der Waals surface area (Å²) >= 11 is 0. The Hall–Kier alpha value is -1.72. The van der Waals surface area contributed by atoms with Crippen LogP contribution in [0.25, 0.3) is 0 Å². The maximum atomic E-state index is 9.26. The lowest BCUT2D eigenvalue weighted by Gasteiger charge is -2.10. The largest absolute Gasteiger partial charge is 0.392 e. The first-order valence-electron chi connectivity index (χ1n) is 6.85. The van der Waals surface area contributed by atoms with E-state index in [1.54, 1.807) is 12.1 Å². The summed E-state index contributed by atoms with van der Waals surface area (Å²) in [6, 6.07) is 11.1. The van der Waals surface area contributed by atoms with Crippen LogP contribution >= 0.6 is 0 Å². The van der Waals surface area contributed by atoms with Crippen LogP contribution in [0, 0.1) is 0 Å². The monoisotopic (exact) mass is 288 g/mol. The van der Waals surface area contributed by atoms with Crippen LogP contribution in [-0.2, 0) is 32.8 Å². The molecule has 0 radical (unpaired) electrons. The van der Waals surface area contributed by atoms with E-state index in [1.807, 2.05) is 24.3 Å². The van der Waals surface area contributed by atoms with Crippen molar-refractivity contribution >= 4 is 0 Å². The fourth-order valence-electron chi connectivity index (χ4n) is 2.48. The van der Waals surface area contributed by atoms with Gasteiger partial charge in [-0.05, 0) is 39.8 Å². The van der Waals surface area contributed by atoms with Crippen molar-refractivity contribution in [2.45, 2.75) is 32.8 Å². The Morgan fingerprint density at radius 1 is 0.429 bits per heavy atom. The molecule has 0 heterocycles. The summed E-state index contributed by atoms with van der Waals surface area (Å²) in [5, 5.41) is 37.1. The zero-order chi connectivity index (χ0) is 15.2. The van der Waals surface area contributed by atoms with E-state index in [9.17, 15) is 20.4 Å². The first kappa shape index (κ1) is 15.7. The van der Waals surface area contributed by atoms with Crippen molar-refractivity contribution in [3.05, 3.63) is 69.8 Å². The number of hydrogen-bond donors (Lipinski definition) is 4. The molecule has 4 N–H and O–H groups in total. The van der Waals surface area contributed by atoms with Crippen molar-refractivity contribution in [2.24, 2.45) is 0 Å². The van der Waals surface area contributed by atoms with Crippen LogP contribution < -0.4 is 0 Å². The molecular formula is C17H20O4. The van der Waals surface area contributed by atoms with E-state index in [1.165, 1.54) is 0 Å². The highest BCUT2D eigenvalue weighted by Crippen LogP contribution is 2.18. The number of aliphatic hydroxyl groups is 4. The van der Waals surface area contributed by atoms with Crippen LogP contribution in [0.1, 0.15) is 33.4 Å². The minimum Gasteiger partial charge on any atom is -0.392 e. The highest BCUT2D eigenvalue weighted by atomic mass is 16.3. The van der Waals surface area contributed by atoms with Gasteiger partial charge in [-0.15, -0.1) is 0 Å². The predicted octanol–water partition coefficient (Wildman–Crippen LogP) is 1.25. The predicted molar refractivity (Wildman–Crippen MR) is 79.4 cm³/mol. The highest BCUT2D eigenvalue weighted by Gasteiger charge is 2.05. The van der Waals surface area contributed by atoms with Crippen LogP contribution in [0.3, 0.4) is 0 Å². The topological polar surface area (TPSA) is 80.9 Å². The summed E-state index contributed by atoms with van der Waals surface area (Å²) in [6.45, 7) is -0.280. The molecule has 0 amide bonds. The van der Waals surface area contributed by atoms with E-state index >= 15 is 0 Å². The van der Waals surface area contributed by atoms with Crippen LogP contribution in [0.4, 0.5) is 0 Å². The molecule has 0 unspecified atom stereocenters. The van der Waals surface area contributed by atoms with Crippen LogP contribution in [0.2, 0.25) is 0 Å². The van der Waals surface area contributed by atoms with Crippen molar-refractivity contribution in [1.29, 1.82) is 0 Å². The lowest BCUT2D eigenvalue weighted by atomic mass is 9.97. The van der Waals surface area contributed by atoms with Gasteiger partial charge in [-0.2, -0.15) is 0 Å². The first-order chi connectivity index (χ1) is 10.2. The molecule has 0 fully saturated rings. The summed E-state index contributed by atoms with van der Waals surface area (Å²) in [5.41, 5.74) is 5.00.